The van der Waals surface area contributed by atoms with Crippen LogP contribution in [0.25, 0.3) is 10.9 Å². The minimum Gasteiger partial charge on any atom is -0.490 e. The van der Waals surface area contributed by atoms with E-state index >= 15 is 0 Å². The molecule has 1 aromatic carbocycles. The van der Waals surface area contributed by atoms with Crippen molar-refractivity contribution in [2.24, 2.45) is 0 Å². The molecule has 1 heterocycles. The minimum atomic E-state index is 0.197. The van der Waals surface area contributed by atoms with Crippen molar-refractivity contribution in [1.82, 2.24) is 4.57 Å². The number of hydrogen-bond donors (Lipinski definition) is 1. The number of ether oxygens (including phenoxy) is 1. The summed E-state index contributed by atoms with van der Waals surface area (Å²) < 4.78 is 8.15. The fourth-order valence-electron chi connectivity index (χ4n) is 2.49. The smallest absolute Gasteiger partial charge is 0.129 e. The molecule has 0 aliphatic heterocycles. The predicted octanol–water partition coefficient (Wildman–Crippen LogP) is 3.98. The monoisotopic (exact) mass is 275 g/mol. The molecule has 0 bridgehead atoms. The van der Waals surface area contributed by atoms with Crippen LogP contribution in [0.3, 0.4) is 0 Å². The average molecular weight is 275 g/mol. The van der Waals surface area contributed by atoms with Gasteiger partial charge in [0.05, 0.1) is 11.6 Å². The van der Waals surface area contributed by atoms with Crippen molar-refractivity contribution >= 4 is 10.9 Å². The maximum absolute atomic E-state index is 8.77. The zero-order chi connectivity index (χ0) is 14.4. The fourth-order valence-corrected chi connectivity index (χ4v) is 2.49. The van der Waals surface area contributed by atoms with Crippen LogP contribution in [0.2, 0.25) is 0 Å². The van der Waals surface area contributed by atoms with Gasteiger partial charge in [0.15, 0.2) is 0 Å². The van der Waals surface area contributed by atoms with Gasteiger partial charge >= 0.3 is 0 Å². The Kier molecular flexibility index (Phi) is 5.48. The first-order chi connectivity index (χ1) is 9.72. The number of nitrogens with zero attached hydrogens (tertiary/aromatic N) is 1. The molecule has 20 heavy (non-hydrogen) atoms. The van der Waals surface area contributed by atoms with Gasteiger partial charge in [0.1, 0.15) is 5.75 Å². The van der Waals surface area contributed by atoms with Gasteiger partial charge in [0.25, 0.3) is 0 Å². The zero-order valence-electron chi connectivity index (χ0n) is 12.5. The van der Waals surface area contributed by atoms with Crippen LogP contribution in [0, 0.1) is 0 Å². The summed E-state index contributed by atoms with van der Waals surface area (Å²) in [6, 6.07) is 8.38. The molecule has 0 fully saturated rings. The van der Waals surface area contributed by atoms with Crippen molar-refractivity contribution in [3.63, 3.8) is 0 Å². The normalized spacial score (nSPS) is 11.4. The molecule has 2 rings (SSSR count). The summed E-state index contributed by atoms with van der Waals surface area (Å²) >= 11 is 0. The predicted molar refractivity (Wildman–Crippen MR) is 83.3 cm³/mol. The van der Waals surface area contributed by atoms with Gasteiger partial charge < -0.3 is 14.4 Å². The summed E-state index contributed by atoms with van der Waals surface area (Å²) in [4.78, 5) is 0. The first-order valence-corrected chi connectivity index (χ1v) is 7.57. The molecular formula is C17H25NO2. The molecular weight excluding hydrogens is 250 g/mol. The van der Waals surface area contributed by atoms with E-state index in [0.717, 1.165) is 31.6 Å². The Morgan fingerprint density at radius 1 is 1.10 bits per heavy atom. The third kappa shape index (κ3) is 3.76. The molecule has 3 heteroatoms. The van der Waals surface area contributed by atoms with Crippen LogP contribution in [-0.2, 0) is 6.54 Å². The molecule has 0 radical (unpaired) electrons. The molecule has 0 amide bonds. The number of aryl methyl sites for hydroxylation is 1. The lowest BCUT2D eigenvalue weighted by molar-refractivity contribution is 0.245. The molecule has 1 aromatic heterocycles. The number of fused-ring (bicyclic) bond motifs is 1. The standard InChI is InChI=1S/C17H25NO2/c1-14(2)20-17-9-7-8-16-15(17)10-12-18(16)11-5-3-4-6-13-19/h7-10,12,14,19H,3-6,11,13H2,1-2H3. The van der Waals surface area contributed by atoms with Gasteiger partial charge in [-0.3, -0.25) is 0 Å². The number of aliphatic hydroxyl groups excluding tert-OH is 1. The number of rotatable bonds is 8. The van der Waals surface area contributed by atoms with E-state index in [1.807, 2.05) is 6.07 Å². The number of aliphatic hydroxyl groups is 1. The van der Waals surface area contributed by atoms with Crippen LogP contribution >= 0.6 is 0 Å². The van der Waals surface area contributed by atoms with Crippen molar-refractivity contribution in [3.05, 3.63) is 30.5 Å². The molecule has 110 valence electrons. The topological polar surface area (TPSA) is 34.4 Å². The van der Waals surface area contributed by atoms with Crippen LogP contribution in [0.5, 0.6) is 5.75 Å². The van der Waals surface area contributed by atoms with Crippen LogP contribution < -0.4 is 4.74 Å². The third-order valence-electron chi connectivity index (χ3n) is 3.44. The number of aromatic nitrogens is 1. The zero-order valence-corrected chi connectivity index (χ0v) is 12.5. The maximum atomic E-state index is 8.77. The highest BCUT2D eigenvalue weighted by Gasteiger charge is 2.07. The van der Waals surface area contributed by atoms with E-state index < -0.39 is 0 Å². The highest BCUT2D eigenvalue weighted by Crippen LogP contribution is 2.27. The van der Waals surface area contributed by atoms with E-state index in [2.05, 4.69) is 42.8 Å². The van der Waals surface area contributed by atoms with E-state index in [0.29, 0.717) is 6.61 Å². The lowest BCUT2D eigenvalue weighted by atomic mass is 10.2. The van der Waals surface area contributed by atoms with E-state index in [1.54, 1.807) is 0 Å². The van der Waals surface area contributed by atoms with Gasteiger partial charge in [-0.2, -0.15) is 0 Å². The summed E-state index contributed by atoms with van der Waals surface area (Å²) in [5.74, 6) is 0.969. The fraction of sp³-hybridized carbons (Fsp3) is 0.529. The molecule has 0 unspecified atom stereocenters. The molecule has 0 aliphatic rings. The second kappa shape index (κ2) is 7.34. The van der Waals surface area contributed by atoms with Crippen molar-refractivity contribution in [3.8, 4) is 5.75 Å². The van der Waals surface area contributed by atoms with Crippen LogP contribution in [-0.4, -0.2) is 22.4 Å². The van der Waals surface area contributed by atoms with E-state index in [4.69, 9.17) is 9.84 Å². The van der Waals surface area contributed by atoms with Crippen LogP contribution in [0.15, 0.2) is 30.5 Å². The molecule has 0 atom stereocenters. The Morgan fingerprint density at radius 2 is 1.90 bits per heavy atom. The minimum absolute atomic E-state index is 0.197. The first kappa shape index (κ1) is 14.9. The molecule has 1 N–H and O–H groups in total. The molecule has 2 aromatic rings. The molecule has 0 spiro atoms. The Morgan fingerprint density at radius 3 is 2.65 bits per heavy atom. The number of hydrogen-bond acceptors (Lipinski definition) is 2. The van der Waals surface area contributed by atoms with Gasteiger partial charge in [0.2, 0.25) is 0 Å². The van der Waals surface area contributed by atoms with Crippen molar-refractivity contribution < 1.29 is 9.84 Å². The Bertz CT molecular complexity index is 531. The van der Waals surface area contributed by atoms with Gasteiger partial charge in [-0.25, -0.2) is 0 Å². The summed E-state index contributed by atoms with van der Waals surface area (Å²) in [6.45, 7) is 5.44. The van der Waals surface area contributed by atoms with Crippen molar-refractivity contribution in [1.29, 1.82) is 0 Å². The molecule has 0 aliphatic carbocycles. The SMILES string of the molecule is CC(C)Oc1cccc2c1ccn2CCCCCCO. The van der Waals surface area contributed by atoms with E-state index in [-0.39, 0.29) is 6.10 Å². The summed E-state index contributed by atoms with van der Waals surface area (Å²) in [5, 5.41) is 9.97. The average Bonchev–Trinajstić information content (AvgIpc) is 2.82. The second-order valence-electron chi connectivity index (χ2n) is 5.50. The van der Waals surface area contributed by atoms with Gasteiger partial charge in [-0.15, -0.1) is 0 Å². The van der Waals surface area contributed by atoms with Gasteiger partial charge in [-0.1, -0.05) is 18.9 Å². The Balaban J connectivity index is 2.04. The van der Waals surface area contributed by atoms with E-state index in [9.17, 15) is 0 Å². The van der Waals surface area contributed by atoms with Crippen molar-refractivity contribution in [2.75, 3.05) is 6.61 Å². The Hall–Kier alpha value is -1.48. The van der Waals surface area contributed by atoms with E-state index in [1.165, 1.54) is 17.3 Å². The third-order valence-corrected chi connectivity index (χ3v) is 3.44. The molecule has 0 saturated carbocycles. The highest BCUT2D eigenvalue weighted by atomic mass is 16.5. The molecule has 3 nitrogen and oxygen atoms in total. The largest absolute Gasteiger partial charge is 0.490 e. The second-order valence-corrected chi connectivity index (χ2v) is 5.50. The highest BCUT2D eigenvalue weighted by molar-refractivity contribution is 5.86. The van der Waals surface area contributed by atoms with Crippen LogP contribution in [0.1, 0.15) is 39.5 Å². The summed E-state index contributed by atoms with van der Waals surface area (Å²) in [5.41, 5.74) is 1.24. The lowest BCUT2D eigenvalue weighted by Crippen LogP contribution is -2.05. The van der Waals surface area contributed by atoms with Gasteiger partial charge in [-0.05, 0) is 44.9 Å². The number of unbranched alkanes of at least 4 members (excludes halogenated alkanes) is 3. The van der Waals surface area contributed by atoms with Crippen LogP contribution in [0.4, 0.5) is 0 Å². The lowest BCUT2D eigenvalue weighted by Gasteiger charge is -2.11. The summed E-state index contributed by atoms with van der Waals surface area (Å²) in [6.07, 6.45) is 6.68. The first-order valence-electron chi connectivity index (χ1n) is 7.57. The van der Waals surface area contributed by atoms with Crippen molar-refractivity contribution in [2.45, 2.75) is 52.2 Å². The quantitative estimate of drug-likeness (QED) is 0.739. The maximum Gasteiger partial charge on any atom is 0.129 e. The molecule has 0 saturated heterocycles. The number of benzene rings is 1. The Labute approximate surface area is 121 Å². The van der Waals surface area contributed by atoms with Gasteiger partial charge in [0, 0.05) is 24.7 Å². The summed E-state index contributed by atoms with van der Waals surface area (Å²) in [7, 11) is 0.